The average Bonchev–Trinajstić information content (AvgIpc) is 3.05. The zero-order chi connectivity index (χ0) is 35.5. The van der Waals surface area contributed by atoms with Crippen molar-refractivity contribution in [2.45, 2.75) is 122 Å². The largest absolute Gasteiger partial charge is 0.394 e. The van der Waals surface area contributed by atoms with Gasteiger partial charge in [0.25, 0.3) is 5.91 Å². The van der Waals surface area contributed by atoms with Crippen LogP contribution in [-0.4, -0.2) is 215 Å². The van der Waals surface area contributed by atoms with Gasteiger partial charge in [0, 0.05) is 0 Å². The molecule has 2 unspecified atom stereocenters. The van der Waals surface area contributed by atoms with Gasteiger partial charge in [-0.15, -0.1) is 0 Å². The Hall–Kier alpha value is -0.920. The molecule has 4 saturated heterocycles. The molecule has 23 nitrogen and oxygen atoms in total. The van der Waals surface area contributed by atoms with Crippen molar-refractivity contribution < 1.29 is 94.8 Å². The van der Waals surface area contributed by atoms with Crippen LogP contribution in [0.4, 0.5) is 0 Å². The summed E-state index contributed by atoms with van der Waals surface area (Å²) < 4.78 is 32.0. The van der Waals surface area contributed by atoms with Crippen LogP contribution in [0.3, 0.4) is 0 Å². The van der Waals surface area contributed by atoms with E-state index in [-0.39, 0.29) is 0 Å². The van der Waals surface area contributed by atoms with Gasteiger partial charge in [-0.25, -0.2) is 0 Å². The Morgan fingerprint density at radius 3 is 1.40 bits per heavy atom. The van der Waals surface area contributed by atoms with Crippen LogP contribution in [0, 0.1) is 0 Å². The molecule has 4 heterocycles. The first-order valence-electron chi connectivity index (χ1n) is 14.6. The Labute approximate surface area is 266 Å². The van der Waals surface area contributed by atoms with Crippen LogP contribution < -0.4 is 22.9 Å². The Kier molecular flexibility index (Phi) is 14.5. The maximum atomic E-state index is 10.8. The van der Waals surface area contributed by atoms with Crippen molar-refractivity contribution in [1.82, 2.24) is 0 Å². The summed E-state index contributed by atoms with van der Waals surface area (Å²) in [7, 11) is 0. The van der Waals surface area contributed by atoms with Gasteiger partial charge in [0.15, 0.2) is 25.0 Å². The van der Waals surface area contributed by atoms with E-state index in [1.807, 2.05) is 0 Å². The lowest BCUT2D eigenvalue weighted by atomic mass is 9.94. The lowest BCUT2D eigenvalue weighted by Crippen LogP contribution is -2.69. The number of nitrogens with two attached hydrogens (primary N) is 4. The molecule has 4 fully saturated rings. The van der Waals surface area contributed by atoms with Gasteiger partial charge in [-0.3, -0.25) is 5.73 Å². The third-order valence-corrected chi connectivity index (χ3v) is 8.33. The number of aliphatic hydroxyl groups is 13. The molecule has 0 radical (unpaired) electrons. The van der Waals surface area contributed by atoms with Crippen molar-refractivity contribution in [2.75, 3.05) is 26.4 Å². The summed E-state index contributed by atoms with van der Waals surface area (Å²) in [5.74, 6) is -2.45. The summed E-state index contributed by atoms with van der Waals surface area (Å²) >= 11 is 0. The maximum absolute atomic E-state index is 10.8. The second-order valence-corrected chi connectivity index (χ2v) is 11.6. The number of ether oxygens (including phenoxy) is 6. The molecule has 47 heavy (non-hydrogen) atoms. The minimum Gasteiger partial charge on any atom is -0.394 e. The molecule has 0 aliphatic carbocycles. The molecule has 0 saturated carbocycles. The van der Waals surface area contributed by atoms with Crippen molar-refractivity contribution in [3.63, 3.8) is 0 Å². The molecule has 21 N–H and O–H groups in total. The summed E-state index contributed by atoms with van der Waals surface area (Å²) in [4.78, 5) is 0. The van der Waals surface area contributed by atoms with Crippen LogP contribution >= 0.6 is 0 Å². The smallest absolute Gasteiger partial charge is 0.252 e. The summed E-state index contributed by atoms with van der Waals surface area (Å²) in [5, 5.41) is 125. The summed E-state index contributed by atoms with van der Waals surface area (Å²) in [6.45, 7) is -2.62. The standard InChI is InChI=1S/C18H35N3O13.C6H13NO6/c19-7-12(27)14(5(2-23)30-16(7)29)33-18-9(21)13(28)15(6(3-24)32-18)34-17-8(20)11(26)10(25)4(1-22)31-17;7-6(12)5(11)4(10)3(9)2(1-8)13-6/h4-18,22-29H,1-3,19-21H2;2-5,8-12H,1,7H2/t4-,5-,6-,7-,8-,9-,10-,11-,12-,13-,14?,15?,16-,17+,18+;2-,3-,4+,5-,6+/m11/s1. The topological polar surface area (TPSA) is 422 Å². The molecule has 0 bridgehead atoms. The molecule has 0 aromatic carbocycles. The van der Waals surface area contributed by atoms with Crippen molar-refractivity contribution in [1.29, 1.82) is 0 Å². The fraction of sp³-hybridized carbons (Fsp3) is 1.00. The highest BCUT2D eigenvalue weighted by molar-refractivity contribution is 4.98. The van der Waals surface area contributed by atoms with Crippen LogP contribution in [0.15, 0.2) is 0 Å². The molecular formula is C24H48N4O19. The van der Waals surface area contributed by atoms with E-state index in [1.54, 1.807) is 0 Å². The minimum atomic E-state index is -2.45. The van der Waals surface area contributed by atoms with Gasteiger partial charge >= 0.3 is 0 Å². The maximum Gasteiger partial charge on any atom is 0.252 e. The molecular weight excluding hydrogens is 648 g/mol. The Balaban J connectivity index is 0.000000386. The second-order valence-electron chi connectivity index (χ2n) is 11.6. The summed E-state index contributed by atoms with van der Waals surface area (Å²) in [6, 6.07) is -3.87. The molecule has 278 valence electrons. The molecule has 0 aromatic heterocycles. The molecule has 0 aromatic rings. The summed E-state index contributed by atoms with van der Waals surface area (Å²) in [5.41, 5.74) is 22.6. The Bertz CT molecular complexity index is 954. The van der Waals surface area contributed by atoms with Crippen LogP contribution in [0.2, 0.25) is 0 Å². The zero-order valence-electron chi connectivity index (χ0n) is 24.9. The molecule has 4 rings (SSSR count). The highest BCUT2D eigenvalue weighted by Crippen LogP contribution is 2.31. The molecule has 0 spiro atoms. The summed E-state index contributed by atoms with van der Waals surface area (Å²) in [6.07, 6.45) is -22.9. The van der Waals surface area contributed by atoms with Crippen molar-refractivity contribution in [3.05, 3.63) is 0 Å². The SMILES string of the molecule is N[C@@]1(O)O[C@H](CO)[C@@H](O)[C@H](O)[C@H]1O.N[C@H]1[C@H](OC2[C@@H](CO)O[C@@H](OC3[C@@H](CO)O[C@@H](O)[C@H](N)[C@H]3O)[C@H](N)[C@H]2O)O[C@H](CO)[C@@H](O)[C@@H]1O. The van der Waals surface area contributed by atoms with E-state index in [9.17, 15) is 46.0 Å². The first-order chi connectivity index (χ1) is 21.9. The van der Waals surface area contributed by atoms with Crippen LogP contribution in [-0.2, 0) is 28.4 Å². The predicted octanol–water partition coefficient (Wildman–Crippen LogP) is -11.6. The first kappa shape index (κ1) is 40.5. The van der Waals surface area contributed by atoms with Crippen molar-refractivity contribution in [3.8, 4) is 0 Å². The van der Waals surface area contributed by atoms with E-state index in [1.165, 1.54) is 0 Å². The average molecular weight is 697 g/mol. The first-order valence-corrected chi connectivity index (χ1v) is 14.6. The van der Waals surface area contributed by atoms with Gasteiger partial charge in [-0.1, -0.05) is 0 Å². The molecule has 20 atom stereocenters. The van der Waals surface area contributed by atoms with E-state index in [0.29, 0.717) is 0 Å². The van der Waals surface area contributed by atoms with Crippen LogP contribution in [0.1, 0.15) is 0 Å². The molecule has 23 heteroatoms. The van der Waals surface area contributed by atoms with Gasteiger partial charge in [0.1, 0.15) is 73.2 Å². The van der Waals surface area contributed by atoms with Crippen LogP contribution in [0.25, 0.3) is 0 Å². The lowest BCUT2D eigenvalue weighted by molar-refractivity contribution is -0.348. The third kappa shape index (κ3) is 8.70. The van der Waals surface area contributed by atoms with Gasteiger partial charge in [0.05, 0.1) is 44.6 Å². The molecule has 4 aliphatic heterocycles. The van der Waals surface area contributed by atoms with E-state index in [2.05, 4.69) is 4.74 Å². The number of hydrogen-bond donors (Lipinski definition) is 17. The monoisotopic (exact) mass is 696 g/mol. The minimum absolute atomic E-state index is 0.621. The quantitative estimate of drug-likeness (QED) is 0.105. The lowest BCUT2D eigenvalue weighted by Gasteiger charge is -2.48. The highest BCUT2D eigenvalue weighted by atomic mass is 16.7. The number of aliphatic hydroxyl groups excluding tert-OH is 12. The van der Waals surface area contributed by atoms with Gasteiger partial charge < -0.3 is 112 Å². The predicted molar refractivity (Wildman–Crippen MR) is 146 cm³/mol. The Morgan fingerprint density at radius 1 is 0.511 bits per heavy atom. The van der Waals surface area contributed by atoms with Gasteiger partial charge in [-0.2, -0.15) is 0 Å². The highest BCUT2D eigenvalue weighted by Gasteiger charge is 2.53. The molecule has 0 amide bonds. The number of hydrogen-bond acceptors (Lipinski definition) is 23. The van der Waals surface area contributed by atoms with Crippen molar-refractivity contribution in [2.24, 2.45) is 22.9 Å². The normalized spacial score (nSPS) is 52.4. The zero-order valence-corrected chi connectivity index (χ0v) is 24.9. The van der Waals surface area contributed by atoms with E-state index in [4.69, 9.17) is 67.0 Å². The van der Waals surface area contributed by atoms with Gasteiger partial charge in [-0.05, 0) is 0 Å². The number of rotatable bonds is 8. The fourth-order valence-corrected chi connectivity index (χ4v) is 5.36. The van der Waals surface area contributed by atoms with E-state index in [0.717, 1.165) is 0 Å². The Morgan fingerprint density at radius 2 is 0.915 bits per heavy atom. The van der Waals surface area contributed by atoms with Crippen molar-refractivity contribution >= 4 is 0 Å². The van der Waals surface area contributed by atoms with E-state index < -0.39 is 149 Å². The van der Waals surface area contributed by atoms with E-state index >= 15 is 0 Å². The van der Waals surface area contributed by atoms with Gasteiger partial charge in [0.2, 0.25) is 0 Å². The second kappa shape index (κ2) is 16.9. The third-order valence-electron chi connectivity index (χ3n) is 8.33. The fourth-order valence-electron chi connectivity index (χ4n) is 5.36. The van der Waals surface area contributed by atoms with Crippen LogP contribution in [0.5, 0.6) is 0 Å². The molecule has 4 aliphatic rings.